The summed E-state index contributed by atoms with van der Waals surface area (Å²) in [4.78, 5) is 8.40. The SMILES string of the molecule is C=CS(=O)(=O)Nc1cccc(Cc2[nH]nc3nc(C)nc(N)c23)c1. The number of nitrogens with two attached hydrogens (primary N) is 1. The van der Waals surface area contributed by atoms with Gasteiger partial charge in [-0.25, -0.2) is 18.4 Å². The van der Waals surface area contributed by atoms with E-state index in [0.717, 1.165) is 16.7 Å². The molecule has 0 aliphatic heterocycles. The Morgan fingerprint density at radius 3 is 2.92 bits per heavy atom. The number of benzene rings is 1. The highest BCUT2D eigenvalue weighted by Crippen LogP contribution is 2.23. The van der Waals surface area contributed by atoms with E-state index in [4.69, 9.17) is 5.73 Å². The Balaban J connectivity index is 1.94. The monoisotopic (exact) mass is 344 g/mol. The molecule has 9 heteroatoms. The lowest BCUT2D eigenvalue weighted by molar-refractivity contribution is 0.609. The Labute approximate surface area is 138 Å². The molecule has 0 atom stereocenters. The molecule has 3 aromatic rings. The molecule has 0 bridgehead atoms. The van der Waals surface area contributed by atoms with Gasteiger partial charge in [-0.3, -0.25) is 9.82 Å². The van der Waals surface area contributed by atoms with Crippen LogP contribution in [0.1, 0.15) is 17.1 Å². The van der Waals surface area contributed by atoms with Gasteiger partial charge >= 0.3 is 0 Å². The minimum absolute atomic E-state index is 0.366. The molecule has 0 unspecified atom stereocenters. The molecule has 0 spiro atoms. The summed E-state index contributed by atoms with van der Waals surface area (Å²) in [5, 5.41) is 8.61. The van der Waals surface area contributed by atoms with Gasteiger partial charge in [0.25, 0.3) is 10.0 Å². The second-order valence-electron chi connectivity index (χ2n) is 5.25. The zero-order chi connectivity index (χ0) is 17.3. The van der Waals surface area contributed by atoms with Gasteiger partial charge in [-0.2, -0.15) is 5.10 Å². The first-order valence-electron chi connectivity index (χ1n) is 7.09. The minimum Gasteiger partial charge on any atom is -0.383 e. The minimum atomic E-state index is -3.54. The van der Waals surface area contributed by atoms with Gasteiger partial charge in [0, 0.05) is 17.5 Å². The number of aromatic amines is 1. The van der Waals surface area contributed by atoms with Crippen molar-refractivity contribution < 1.29 is 8.42 Å². The number of H-pyrrole nitrogens is 1. The van der Waals surface area contributed by atoms with Crippen LogP contribution in [0.3, 0.4) is 0 Å². The summed E-state index contributed by atoms with van der Waals surface area (Å²) in [7, 11) is -3.54. The number of sulfonamides is 1. The number of fused-ring (bicyclic) bond motifs is 1. The van der Waals surface area contributed by atoms with Crippen molar-refractivity contribution in [1.29, 1.82) is 0 Å². The average molecular weight is 344 g/mol. The van der Waals surface area contributed by atoms with Gasteiger partial charge in [-0.1, -0.05) is 18.7 Å². The largest absolute Gasteiger partial charge is 0.383 e. The number of nitrogens with zero attached hydrogens (tertiary/aromatic N) is 3. The highest BCUT2D eigenvalue weighted by molar-refractivity contribution is 7.95. The van der Waals surface area contributed by atoms with Crippen LogP contribution in [0.15, 0.2) is 36.3 Å². The summed E-state index contributed by atoms with van der Waals surface area (Å²) >= 11 is 0. The van der Waals surface area contributed by atoms with Crippen molar-refractivity contribution in [3.63, 3.8) is 0 Å². The molecule has 2 heterocycles. The number of nitrogen functional groups attached to an aromatic ring is 1. The molecule has 0 aliphatic carbocycles. The third-order valence-electron chi connectivity index (χ3n) is 3.42. The predicted molar refractivity (Wildman–Crippen MR) is 92.8 cm³/mol. The average Bonchev–Trinajstić information content (AvgIpc) is 2.90. The first-order chi connectivity index (χ1) is 11.4. The summed E-state index contributed by atoms with van der Waals surface area (Å²) < 4.78 is 25.6. The van der Waals surface area contributed by atoms with E-state index in [0.29, 0.717) is 34.8 Å². The molecular formula is C15H16N6O2S. The zero-order valence-corrected chi connectivity index (χ0v) is 13.8. The summed E-state index contributed by atoms with van der Waals surface area (Å²) in [6.45, 7) is 5.02. The fourth-order valence-electron chi connectivity index (χ4n) is 2.41. The van der Waals surface area contributed by atoms with Crippen LogP contribution < -0.4 is 10.5 Å². The van der Waals surface area contributed by atoms with Crippen LogP contribution >= 0.6 is 0 Å². The number of hydrogen-bond donors (Lipinski definition) is 3. The summed E-state index contributed by atoms with van der Waals surface area (Å²) in [5.74, 6) is 0.920. The highest BCUT2D eigenvalue weighted by atomic mass is 32.2. The van der Waals surface area contributed by atoms with E-state index in [1.54, 1.807) is 25.1 Å². The van der Waals surface area contributed by atoms with Gasteiger partial charge < -0.3 is 5.73 Å². The Morgan fingerprint density at radius 1 is 1.38 bits per heavy atom. The molecule has 24 heavy (non-hydrogen) atoms. The third-order valence-corrected chi connectivity index (χ3v) is 4.37. The van der Waals surface area contributed by atoms with Gasteiger partial charge in [0.1, 0.15) is 11.6 Å². The molecule has 0 fully saturated rings. The van der Waals surface area contributed by atoms with E-state index in [9.17, 15) is 8.42 Å². The van der Waals surface area contributed by atoms with Crippen LogP contribution in [-0.2, 0) is 16.4 Å². The van der Waals surface area contributed by atoms with Crippen LogP contribution in [0, 0.1) is 6.92 Å². The number of rotatable bonds is 5. The van der Waals surface area contributed by atoms with Crippen molar-refractivity contribution in [1.82, 2.24) is 20.2 Å². The molecule has 0 aliphatic rings. The van der Waals surface area contributed by atoms with Crippen LogP contribution in [0.2, 0.25) is 0 Å². The van der Waals surface area contributed by atoms with Crippen molar-refractivity contribution in [3.8, 4) is 0 Å². The Hall–Kier alpha value is -2.94. The van der Waals surface area contributed by atoms with E-state index in [2.05, 4.69) is 31.5 Å². The second-order valence-corrected chi connectivity index (χ2v) is 6.88. The number of hydrogen-bond acceptors (Lipinski definition) is 6. The van der Waals surface area contributed by atoms with Crippen LogP contribution in [-0.4, -0.2) is 28.6 Å². The van der Waals surface area contributed by atoms with E-state index in [1.165, 1.54) is 0 Å². The summed E-state index contributed by atoms with van der Waals surface area (Å²) in [6, 6.07) is 7.04. The second kappa shape index (κ2) is 5.93. The highest BCUT2D eigenvalue weighted by Gasteiger charge is 2.13. The van der Waals surface area contributed by atoms with Crippen molar-refractivity contribution in [2.45, 2.75) is 13.3 Å². The fourth-order valence-corrected chi connectivity index (χ4v) is 2.95. The maximum atomic E-state index is 11.6. The van der Waals surface area contributed by atoms with Gasteiger partial charge in [0.05, 0.1) is 11.1 Å². The number of anilines is 2. The molecular weight excluding hydrogens is 328 g/mol. The van der Waals surface area contributed by atoms with Crippen molar-refractivity contribution in [3.05, 3.63) is 53.3 Å². The van der Waals surface area contributed by atoms with Gasteiger partial charge in [-0.15, -0.1) is 0 Å². The smallest absolute Gasteiger partial charge is 0.254 e. The van der Waals surface area contributed by atoms with Crippen molar-refractivity contribution >= 4 is 32.6 Å². The lowest BCUT2D eigenvalue weighted by Gasteiger charge is -2.07. The van der Waals surface area contributed by atoms with E-state index in [1.807, 2.05) is 6.07 Å². The van der Waals surface area contributed by atoms with Crippen LogP contribution in [0.25, 0.3) is 11.0 Å². The van der Waals surface area contributed by atoms with E-state index >= 15 is 0 Å². The molecule has 0 saturated heterocycles. The van der Waals surface area contributed by atoms with Crippen molar-refractivity contribution in [2.24, 2.45) is 0 Å². The quantitative estimate of drug-likeness (QED) is 0.647. The fraction of sp³-hybridized carbons (Fsp3) is 0.133. The number of aryl methyl sites for hydroxylation is 1. The molecule has 1 aromatic carbocycles. The topological polar surface area (TPSA) is 127 Å². The standard InChI is InChI=1S/C15H16N6O2S/c1-3-24(22,23)21-11-6-4-5-10(7-11)8-12-13-14(16)17-9(2)18-15(13)20-19-12/h3-7,21H,1,8H2,2H3,(H3,16,17,18,19,20). The zero-order valence-electron chi connectivity index (χ0n) is 12.9. The number of nitrogens with one attached hydrogen (secondary N) is 2. The van der Waals surface area contributed by atoms with Gasteiger partial charge in [-0.05, 0) is 24.6 Å². The van der Waals surface area contributed by atoms with Crippen LogP contribution in [0.4, 0.5) is 11.5 Å². The lowest BCUT2D eigenvalue weighted by Crippen LogP contribution is -2.08. The van der Waals surface area contributed by atoms with Crippen molar-refractivity contribution in [2.75, 3.05) is 10.5 Å². The number of aromatic nitrogens is 4. The molecule has 124 valence electrons. The lowest BCUT2D eigenvalue weighted by atomic mass is 10.1. The van der Waals surface area contributed by atoms with Gasteiger partial charge in [0.2, 0.25) is 0 Å². The first-order valence-corrected chi connectivity index (χ1v) is 8.64. The molecule has 0 saturated carbocycles. The molecule has 0 radical (unpaired) electrons. The maximum Gasteiger partial charge on any atom is 0.254 e. The molecule has 8 nitrogen and oxygen atoms in total. The molecule has 2 aromatic heterocycles. The molecule has 3 rings (SSSR count). The van der Waals surface area contributed by atoms with E-state index in [-0.39, 0.29) is 0 Å². The van der Waals surface area contributed by atoms with Crippen LogP contribution in [0.5, 0.6) is 0 Å². The van der Waals surface area contributed by atoms with E-state index < -0.39 is 10.0 Å². The maximum absolute atomic E-state index is 11.6. The summed E-state index contributed by atoms with van der Waals surface area (Å²) in [6.07, 6.45) is 0.483. The Kier molecular flexibility index (Phi) is 3.94. The predicted octanol–water partition coefficient (Wildman–Crippen LogP) is 1.72. The van der Waals surface area contributed by atoms with Gasteiger partial charge in [0.15, 0.2) is 5.65 Å². The Morgan fingerprint density at radius 2 is 2.17 bits per heavy atom. The first kappa shape index (κ1) is 15.9. The Bertz CT molecular complexity index is 1030. The normalized spacial score (nSPS) is 11.5. The molecule has 4 N–H and O–H groups in total. The summed E-state index contributed by atoms with van der Waals surface area (Å²) in [5.41, 5.74) is 8.59. The third kappa shape index (κ3) is 3.20. The molecule has 0 amide bonds.